The van der Waals surface area contributed by atoms with Crippen LogP contribution in [-0.4, -0.2) is 41.5 Å². The van der Waals surface area contributed by atoms with E-state index in [1.807, 2.05) is 0 Å². The molecule has 2 aliphatic rings. The standard InChI is InChI=1S/C18H25N3/c19-11-6-14-20-12-4-9-17(20)18-10-5-13-21(18)15-16-7-2-1-3-8-16/h1-3,7-8,17-18H,4-6,9-10,12-15H2/t17-,18+/m1/s1. The zero-order valence-electron chi connectivity index (χ0n) is 12.7. The largest absolute Gasteiger partial charge is 0.298 e. The zero-order chi connectivity index (χ0) is 14.5. The van der Waals surface area contributed by atoms with Gasteiger partial charge in [-0.25, -0.2) is 0 Å². The molecule has 0 spiro atoms. The summed E-state index contributed by atoms with van der Waals surface area (Å²) in [4.78, 5) is 5.24. The summed E-state index contributed by atoms with van der Waals surface area (Å²) in [5.74, 6) is 0. The molecule has 0 aromatic heterocycles. The first-order valence-electron chi connectivity index (χ1n) is 8.27. The highest BCUT2D eigenvalue weighted by atomic mass is 15.3. The van der Waals surface area contributed by atoms with E-state index in [9.17, 15) is 0 Å². The van der Waals surface area contributed by atoms with Gasteiger partial charge in [-0.05, 0) is 44.3 Å². The van der Waals surface area contributed by atoms with Gasteiger partial charge in [0.25, 0.3) is 0 Å². The maximum absolute atomic E-state index is 8.84. The van der Waals surface area contributed by atoms with E-state index in [1.54, 1.807) is 0 Å². The molecule has 3 rings (SSSR count). The fourth-order valence-electron chi connectivity index (χ4n) is 4.06. The first kappa shape index (κ1) is 14.6. The van der Waals surface area contributed by atoms with Crippen LogP contribution in [0.15, 0.2) is 30.3 Å². The third-order valence-corrected chi connectivity index (χ3v) is 5.01. The molecule has 0 aliphatic carbocycles. The van der Waals surface area contributed by atoms with Gasteiger partial charge in [-0.15, -0.1) is 0 Å². The minimum absolute atomic E-state index is 0.669. The first-order valence-corrected chi connectivity index (χ1v) is 8.27. The Morgan fingerprint density at radius 3 is 2.38 bits per heavy atom. The summed E-state index contributed by atoms with van der Waals surface area (Å²) in [5, 5.41) is 8.84. The molecule has 1 aromatic rings. The molecule has 0 N–H and O–H groups in total. The van der Waals surface area contributed by atoms with E-state index in [4.69, 9.17) is 5.26 Å². The second kappa shape index (κ2) is 7.06. The maximum Gasteiger partial charge on any atom is 0.0635 e. The summed E-state index contributed by atoms with van der Waals surface area (Å²) in [5.41, 5.74) is 1.42. The lowest BCUT2D eigenvalue weighted by molar-refractivity contribution is 0.130. The summed E-state index contributed by atoms with van der Waals surface area (Å²) in [6, 6.07) is 14.5. The second-order valence-corrected chi connectivity index (χ2v) is 6.32. The van der Waals surface area contributed by atoms with Gasteiger partial charge in [-0.2, -0.15) is 5.26 Å². The van der Waals surface area contributed by atoms with Crippen LogP contribution >= 0.6 is 0 Å². The Bertz CT molecular complexity index is 479. The molecule has 2 heterocycles. The van der Waals surface area contributed by atoms with E-state index in [-0.39, 0.29) is 0 Å². The summed E-state index contributed by atoms with van der Waals surface area (Å²) < 4.78 is 0. The summed E-state index contributed by atoms with van der Waals surface area (Å²) in [6.45, 7) is 4.44. The van der Waals surface area contributed by atoms with Crippen LogP contribution in [0.2, 0.25) is 0 Å². The Morgan fingerprint density at radius 1 is 1.00 bits per heavy atom. The highest BCUT2D eigenvalue weighted by Gasteiger charge is 2.37. The average molecular weight is 283 g/mol. The van der Waals surface area contributed by atoms with Gasteiger partial charge >= 0.3 is 0 Å². The van der Waals surface area contributed by atoms with Crippen LogP contribution in [0.1, 0.15) is 37.7 Å². The van der Waals surface area contributed by atoms with Gasteiger partial charge in [-0.1, -0.05) is 30.3 Å². The number of benzene rings is 1. The van der Waals surface area contributed by atoms with Gasteiger partial charge in [0.2, 0.25) is 0 Å². The van der Waals surface area contributed by atoms with Crippen molar-refractivity contribution in [1.29, 1.82) is 5.26 Å². The third kappa shape index (κ3) is 3.45. The monoisotopic (exact) mass is 283 g/mol. The fraction of sp³-hybridized carbons (Fsp3) is 0.611. The number of likely N-dealkylation sites (tertiary alicyclic amines) is 2. The fourth-order valence-corrected chi connectivity index (χ4v) is 4.06. The Kier molecular flexibility index (Phi) is 4.90. The molecule has 2 saturated heterocycles. The molecule has 0 unspecified atom stereocenters. The molecule has 0 saturated carbocycles. The van der Waals surface area contributed by atoms with Crippen molar-refractivity contribution in [3.8, 4) is 6.07 Å². The quantitative estimate of drug-likeness (QED) is 0.832. The van der Waals surface area contributed by atoms with Crippen LogP contribution in [-0.2, 0) is 6.54 Å². The van der Waals surface area contributed by atoms with E-state index in [0.29, 0.717) is 18.5 Å². The normalized spacial score (nSPS) is 27.0. The SMILES string of the molecule is N#CCCN1CCC[C@@H]1[C@@H]1CCCN1Cc1ccccc1. The number of hydrogen-bond donors (Lipinski definition) is 0. The number of hydrogen-bond acceptors (Lipinski definition) is 3. The Balaban J connectivity index is 1.64. The smallest absolute Gasteiger partial charge is 0.0635 e. The number of nitrogens with zero attached hydrogens (tertiary/aromatic N) is 3. The van der Waals surface area contributed by atoms with E-state index in [0.717, 1.165) is 13.1 Å². The topological polar surface area (TPSA) is 30.3 Å². The van der Waals surface area contributed by atoms with Gasteiger partial charge in [0.05, 0.1) is 6.07 Å². The van der Waals surface area contributed by atoms with Crippen molar-refractivity contribution >= 4 is 0 Å². The summed E-state index contributed by atoms with van der Waals surface area (Å²) >= 11 is 0. The lowest BCUT2D eigenvalue weighted by Crippen LogP contribution is -2.46. The molecule has 3 nitrogen and oxygen atoms in total. The third-order valence-electron chi connectivity index (χ3n) is 5.01. The molecule has 21 heavy (non-hydrogen) atoms. The predicted molar refractivity (Wildman–Crippen MR) is 84.7 cm³/mol. The van der Waals surface area contributed by atoms with Crippen LogP contribution in [0.3, 0.4) is 0 Å². The minimum atomic E-state index is 0.669. The van der Waals surface area contributed by atoms with E-state index in [2.05, 4.69) is 46.2 Å². The molecule has 0 radical (unpaired) electrons. The average Bonchev–Trinajstić information content (AvgIpc) is 3.14. The van der Waals surface area contributed by atoms with Crippen molar-refractivity contribution in [2.75, 3.05) is 19.6 Å². The lowest BCUT2D eigenvalue weighted by Gasteiger charge is -2.34. The summed E-state index contributed by atoms with van der Waals surface area (Å²) in [6.07, 6.45) is 5.91. The van der Waals surface area contributed by atoms with Gasteiger partial charge in [0.1, 0.15) is 0 Å². The van der Waals surface area contributed by atoms with Crippen molar-refractivity contribution in [2.45, 2.75) is 50.7 Å². The van der Waals surface area contributed by atoms with Crippen molar-refractivity contribution in [2.24, 2.45) is 0 Å². The highest BCUT2D eigenvalue weighted by Crippen LogP contribution is 2.31. The van der Waals surface area contributed by atoms with Crippen LogP contribution in [0.4, 0.5) is 0 Å². The summed E-state index contributed by atoms with van der Waals surface area (Å²) in [7, 11) is 0. The molecule has 112 valence electrons. The van der Waals surface area contributed by atoms with E-state index < -0.39 is 0 Å². The van der Waals surface area contributed by atoms with E-state index in [1.165, 1.54) is 44.3 Å². The van der Waals surface area contributed by atoms with E-state index >= 15 is 0 Å². The lowest BCUT2D eigenvalue weighted by atomic mass is 10.0. The number of nitriles is 1. The molecule has 3 heteroatoms. The number of rotatable bonds is 5. The second-order valence-electron chi connectivity index (χ2n) is 6.32. The predicted octanol–water partition coefficient (Wildman–Crippen LogP) is 3.03. The van der Waals surface area contributed by atoms with Crippen molar-refractivity contribution in [3.05, 3.63) is 35.9 Å². The Hall–Kier alpha value is -1.37. The first-order chi connectivity index (χ1) is 10.4. The Morgan fingerprint density at radius 2 is 1.67 bits per heavy atom. The molecule has 2 aliphatic heterocycles. The van der Waals surface area contributed by atoms with Gasteiger partial charge in [-0.3, -0.25) is 9.80 Å². The van der Waals surface area contributed by atoms with Crippen molar-refractivity contribution in [1.82, 2.24) is 9.80 Å². The van der Waals surface area contributed by atoms with Crippen molar-refractivity contribution in [3.63, 3.8) is 0 Å². The molecular weight excluding hydrogens is 258 g/mol. The molecule has 0 amide bonds. The molecule has 2 atom stereocenters. The van der Waals surface area contributed by atoms with Gasteiger partial charge in [0.15, 0.2) is 0 Å². The molecule has 2 fully saturated rings. The van der Waals surface area contributed by atoms with Gasteiger partial charge in [0, 0.05) is 31.6 Å². The van der Waals surface area contributed by atoms with Crippen LogP contribution in [0, 0.1) is 11.3 Å². The highest BCUT2D eigenvalue weighted by molar-refractivity contribution is 5.15. The van der Waals surface area contributed by atoms with Crippen molar-refractivity contribution < 1.29 is 0 Å². The molecule has 0 bridgehead atoms. The zero-order valence-corrected chi connectivity index (χ0v) is 12.7. The maximum atomic E-state index is 8.84. The van der Waals surface area contributed by atoms with Crippen LogP contribution < -0.4 is 0 Å². The minimum Gasteiger partial charge on any atom is -0.298 e. The Labute approximate surface area is 128 Å². The van der Waals surface area contributed by atoms with Crippen LogP contribution in [0.5, 0.6) is 0 Å². The van der Waals surface area contributed by atoms with Crippen LogP contribution in [0.25, 0.3) is 0 Å². The molecule has 1 aromatic carbocycles. The van der Waals surface area contributed by atoms with Gasteiger partial charge < -0.3 is 0 Å². The molecular formula is C18H25N3.